The van der Waals surface area contributed by atoms with Gasteiger partial charge in [0.2, 0.25) is 5.90 Å². The average Bonchev–Trinajstić information content (AvgIpc) is 3.07. The molecule has 1 unspecified atom stereocenters. The van der Waals surface area contributed by atoms with E-state index in [9.17, 15) is 9.59 Å². The lowest BCUT2D eigenvalue weighted by Gasteiger charge is -2.32. The van der Waals surface area contributed by atoms with Gasteiger partial charge in [-0.15, -0.1) is 0 Å². The molecule has 0 radical (unpaired) electrons. The monoisotopic (exact) mass is 438 g/mol. The van der Waals surface area contributed by atoms with Crippen LogP contribution in [-0.4, -0.2) is 45.6 Å². The number of allylic oxidation sites excluding steroid dienone is 2. The number of carbonyl (C=O) groups excluding carboxylic acids is 2. The molecule has 3 aliphatic rings. The molecular weight excluding hydrogens is 416 g/mol. The van der Waals surface area contributed by atoms with Crippen LogP contribution < -0.4 is 0 Å². The maximum absolute atomic E-state index is 13.4. The SMILES string of the molecule is C=C1C(=N/C(=C\C)N2C(=O)C3=C(C=CCC3)C2c2ccc(Cl)nc2)O[C@H](C)C(=O)N1C. The van der Waals surface area contributed by atoms with E-state index in [-0.39, 0.29) is 23.8 Å². The summed E-state index contributed by atoms with van der Waals surface area (Å²) in [4.78, 5) is 37.5. The molecule has 0 saturated carbocycles. The third-order valence-electron chi connectivity index (χ3n) is 5.64. The number of ether oxygens (including phenoxy) is 1. The lowest BCUT2D eigenvalue weighted by molar-refractivity contribution is -0.137. The van der Waals surface area contributed by atoms with Crippen LogP contribution in [0.3, 0.4) is 0 Å². The molecule has 1 aromatic rings. The van der Waals surface area contributed by atoms with Gasteiger partial charge in [-0.1, -0.05) is 36.4 Å². The van der Waals surface area contributed by atoms with Crippen molar-refractivity contribution in [2.24, 2.45) is 4.99 Å². The fourth-order valence-electron chi connectivity index (χ4n) is 3.97. The van der Waals surface area contributed by atoms with Gasteiger partial charge in [0.25, 0.3) is 11.8 Å². The Balaban J connectivity index is 1.77. The molecule has 7 nitrogen and oxygen atoms in total. The molecule has 4 rings (SSSR count). The van der Waals surface area contributed by atoms with Crippen molar-refractivity contribution in [3.8, 4) is 0 Å². The first-order valence-corrected chi connectivity index (χ1v) is 10.4. The number of aliphatic imine (C=N–C) groups is 1. The molecule has 0 bridgehead atoms. The van der Waals surface area contributed by atoms with E-state index >= 15 is 0 Å². The quantitative estimate of drug-likeness (QED) is 0.670. The molecule has 1 aliphatic carbocycles. The summed E-state index contributed by atoms with van der Waals surface area (Å²) in [5.74, 6) is 0.328. The molecule has 1 saturated heterocycles. The lowest BCUT2D eigenvalue weighted by atomic mass is 9.93. The van der Waals surface area contributed by atoms with Crippen LogP contribution in [0.15, 0.2) is 70.8 Å². The van der Waals surface area contributed by atoms with Gasteiger partial charge >= 0.3 is 0 Å². The zero-order valence-corrected chi connectivity index (χ0v) is 18.4. The van der Waals surface area contributed by atoms with E-state index in [1.165, 1.54) is 4.90 Å². The first kappa shape index (κ1) is 21.1. The van der Waals surface area contributed by atoms with E-state index in [2.05, 4.69) is 22.6 Å². The summed E-state index contributed by atoms with van der Waals surface area (Å²) in [6.45, 7) is 7.39. The van der Waals surface area contributed by atoms with E-state index < -0.39 is 6.10 Å². The number of rotatable bonds is 3. The lowest BCUT2D eigenvalue weighted by Crippen LogP contribution is -2.45. The second kappa shape index (κ2) is 8.15. The number of hydrogen-bond donors (Lipinski definition) is 0. The highest BCUT2D eigenvalue weighted by Crippen LogP contribution is 2.44. The molecule has 8 heteroatoms. The molecule has 0 aromatic carbocycles. The highest BCUT2D eigenvalue weighted by Gasteiger charge is 2.42. The average molecular weight is 439 g/mol. The number of hydrogen-bond acceptors (Lipinski definition) is 5. The third kappa shape index (κ3) is 3.59. The van der Waals surface area contributed by atoms with Crippen molar-refractivity contribution in [2.45, 2.75) is 38.8 Å². The maximum Gasteiger partial charge on any atom is 0.267 e. The summed E-state index contributed by atoms with van der Waals surface area (Å²) in [6.07, 6.45) is 8.30. The fraction of sp³-hybridized carbons (Fsp3) is 0.304. The van der Waals surface area contributed by atoms with Crippen molar-refractivity contribution in [3.63, 3.8) is 0 Å². The number of pyridine rings is 1. The number of likely N-dealkylation sites (N-methyl/N-ethyl adjacent to an activating group) is 1. The molecule has 3 heterocycles. The first-order valence-electron chi connectivity index (χ1n) is 10.1. The van der Waals surface area contributed by atoms with Crippen molar-refractivity contribution in [3.05, 3.63) is 76.5 Å². The Morgan fingerprint density at radius 2 is 2.16 bits per heavy atom. The first-order chi connectivity index (χ1) is 14.8. The van der Waals surface area contributed by atoms with Gasteiger partial charge in [0.05, 0.1) is 11.7 Å². The Bertz CT molecular complexity index is 1080. The molecule has 2 aliphatic heterocycles. The summed E-state index contributed by atoms with van der Waals surface area (Å²) in [6, 6.07) is 3.19. The van der Waals surface area contributed by atoms with Crippen LogP contribution in [0, 0.1) is 0 Å². The normalized spacial score (nSPS) is 25.5. The van der Waals surface area contributed by atoms with Crippen LogP contribution >= 0.6 is 11.6 Å². The number of amides is 2. The van der Waals surface area contributed by atoms with Crippen LogP contribution in [0.1, 0.15) is 38.3 Å². The van der Waals surface area contributed by atoms with Crippen LogP contribution in [0.2, 0.25) is 5.15 Å². The molecule has 160 valence electrons. The van der Waals surface area contributed by atoms with Gasteiger partial charge in [0, 0.05) is 18.8 Å². The van der Waals surface area contributed by atoms with E-state index in [0.717, 1.165) is 23.1 Å². The van der Waals surface area contributed by atoms with Gasteiger partial charge in [-0.2, -0.15) is 4.99 Å². The van der Waals surface area contributed by atoms with Crippen molar-refractivity contribution >= 4 is 29.3 Å². The molecule has 1 aromatic heterocycles. The summed E-state index contributed by atoms with van der Waals surface area (Å²) < 4.78 is 5.71. The summed E-state index contributed by atoms with van der Waals surface area (Å²) in [5, 5.41) is 0.383. The summed E-state index contributed by atoms with van der Waals surface area (Å²) in [5.41, 5.74) is 2.88. The van der Waals surface area contributed by atoms with E-state index in [4.69, 9.17) is 16.3 Å². The molecule has 1 fully saturated rings. The van der Waals surface area contributed by atoms with Crippen LogP contribution in [0.4, 0.5) is 0 Å². The molecule has 2 atom stereocenters. The topological polar surface area (TPSA) is 75.1 Å². The fourth-order valence-corrected chi connectivity index (χ4v) is 4.08. The zero-order valence-electron chi connectivity index (χ0n) is 17.6. The predicted octanol–water partition coefficient (Wildman–Crippen LogP) is 3.92. The second-order valence-electron chi connectivity index (χ2n) is 7.53. The molecule has 0 spiro atoms. The van der Waals surface area contributed by atoms with E-state index in [1.54, 1.807) is 44.1 Å². The van der Waals surface area contributed by atoms with Crippen LogP contribution in [0.5, 0.6) is 0 Å². The Morgan fingerprint density at radius 3 is 2.84 bits per heavy atom. The Hall–Kier alpha value is -3.19. The molecule has 2 amide bonds. The number of morpholine rings is 1. The Morgan fingerprint density at radius 1 is 1.39 bits per heavy atom. The molecule has 0 N–H and O–H groups in total. The number of aromatic nitrogens is 1. The van der Waals surface area contributed by atoms with Gasteiger partial charge in [-0.05, 0) is 50.0 Å². The van der Waals surface area contributed by atoms with Gasteiger partial charge in [0.1, 0.15) is 11.0 Å². The van der Waals surface area contributed by atoms with Crippen molar-refractivity contribution in [1.29, 1.82) is 0 Å². The number of halogens is 1. The second-order valence-corrected chi connectivity index (χ2v) is 7.92. The third-order valence-corrected chi connectivity index (χ3v) is 5.87. The van der Waals surface area contributed by atoms with E-state index in [0.29, 0.717) is 23.1 Å². The van der Waals surface area contributed by atoms with E-state index in [1.807, 2.05) is 12.1 Å². The zero-order chi connectivity index (χ0) is 22.3. The van der Waals surface area contributed by atoms with Crippen LogP contribution in [0.25, 0.3) is 0 Å². The number of carbonyl (C=O) groups is 2. The molecule has 31 heavy (non-hydrogen) atoms. The maximum atomic E-state index is 13.4. The molecular formula is C23H23ClN4O3. The van der Waals surface area contributed by atoms with Gasteiger partial charge in [-0.25, -0.2) is 4.98 Å². The highest BCUT2D eigenvalue weighted by molar-refractivity contribution is 6.29. The predicted molar refractivity (Wildman–Crippen MR) is 118 cm³/mol. The standard InChI is InChI=1S/C23H23ClN4O3/c1-5-19(26-21-13(2)27(4)22(29)14(3)31-21)28-20(15-10-11-18(24)25-12-15)16-8-6-7-9-17(16)23(28)30/h5-6,8,10-12,14,20H,2,7,9H2,1,3-4H3/b19-5+,26-21?/t14-,20?/m1/s1. The Labute approximate surface area is 186 Å². The highest BCUT2D eigenvalue weighted by atomic mass is 35.5. The number of nitrogens with zero attached hydrogens (tertiary/aromatic N) is 4. The van der Waals surface area contributed by atoms with Crippen LogP contribution in [-0.2, 0) is 14.3 Å². The van der Waals surface area contributed by atoms with Crippen molar-refractivity contribution < 1.29 is 14.3 Å². The minimum absolute atomic E-state index is 0.101. The minimum atomic E-state index is -0.688. The van der Waals surface area contributed by atoms with Crippen molar-refractivity contribution in [1.82, 2.24) is 14.8 Å². The summed E-state index contributed by atoms with van der Waals surface area (Å²) in [7, 11) is 1.63. The summed E-state index contributed by atoms with van der Waals surface area (Å²) >= 11 is 5.99. The van der Waals surface area contributed by atoms with Gasteiger partial charge < -0.3 is 9.64 Å². The van der Waals surface area contributed by atoms with Gasteiger partial charge in [-0.3, -0.25) is 14.5 Å². The van der Waals surface area contributed by atoms with Gasteiger partial charge in [0.15, 0.2) is 6.10 Å². The Kier molecular flexibility index (Phi) is 5.54. The largest absolute Gasteiger partial charge is 0.463 e. The smallest absolute Gasteiger partial charge is 0.267 e. The van der Waals surface area contributed by atoms with Crippen molar-refractivity contribution in [2.75, 3.05) is 7.05 Å². The minimum Gasteiger partial charge on any atom is -0.463 e.